The summed E-state index contributed by atoms with van der Waals surface area (Å²) in [6, 6.07) is 16.7. The lowest BCUT2D eigenvalue weighted by molar-refractivity contribution is -0.384. The number of rotatable bonds is 3. The van der Waals surface area contributed by atoms with Crippen LogP contribution < -0.4 is 4.90 Å². The fourth-order valence-electron chi connectivity index (χ4n) is 3.13. The van der Waals surface area contributed by atoms with E-state index in [1.165, 1.54) is 6.07 Å². The van der Waals surface area contributed by atoms with Crippen LogP contribution in [0.5, 0.6) is 0 Å². The number of anilines is 1. The molecule has 1 aliphatic rings. The van der Waals surface area contributed by atoms with E-state index in [1.807, 2.05) is 24.3 Å². The molecule has 26 heavy (non-hydrogen) atoms. The van der Waals surface area contributed by atoms with Crippen molar-refractivity contribution in [2.45, 2.75) is 6.10 Å². The average Bonchev–Trinajstić information content (AvgIpc) is 2.68. The number of ether oxygens (including phenoxy) is 1. The number of nitrogens with zero attached hydrogens (tertiary/aromatic N) is 3. The zero-order chi connectivity index (χ0) is 18.1. The Morgan fingerprint density at radius 1 is 1.15 bits per heavy atom. The Balaban J connectivity index is 1.59. The fourth-order valence-corrected chi connectivity index (χ4v) is 3.39. The second-order valence-corrected chi connectivity index (χ2v) is 7.08. The minimum absolute atomic E-state index is 0.00814. The molecule has 1 saturated heterocycles. The fraction of sp³-hybridized carbons (Fsp3) is 0.211. The topological polar surface area (TPSA) is 68.5 Å². The first-order valence-corrected chi connectivity index (χ1v) is 9.07. The van der Waals surface area contributed by atoms with Gasteiger partial charge >= 0.3 is 0 Å². The van der Waals surface area contributed by atoms with E-state index in [0.717, 1.165) is 33.3 Å². The van der Waals surface area contributed by atoms with E-state index in [4.69, 9.17) is 4.74 Å². The van der Waals surface area contributed by atoms with Gasteiger partial charge in [0.2, 0.25) is 0 Å². The second kappa shape index (κ2) is 7.01. The molecule has 1 atom stereocenters. The molecule has 3 aromatic rings. The van der Waals surface area contributed by atoms with Crippen molar-refractivity contribution < 1.29 is 9.66 Å². The van der Waals surface area contributed by atoms with E-state index in [9.17, 15) is 10.1 Å². The molecule has 2 aromatic carbocycles. The molecule has 2 heterocycles. The Morgan fingerprint density at radius 2 is 1.96 bits per heavy atom. The lowest BCUT2D eigenvalue weighted by Crippen LogP contribution is -2.38. The molecule has 1 aliphatic heterocycles. The molecule has 0 radical (unpaired) electrons. The lowest BCUT2D eigenvalue weighted by Gasteiger charge is -2.34. The first-order valence-electron chi connectivity index (χ1n) is 8.27. The molecule has 0 spiro atoms. The molecule has 7 heteroatoms. The van der Waals surface area contributed by atoms with E-state index in [1.54, 1.807) is 12.1 Å². The molecule has 0 bridgehead atoms. The van der Waals surface area contributed by atoms with Crippen LogP contribution >= 0.6 is 15.9 Å². The molecule has 6 nitrogen and oxygen atoms in total. The number of nitro groups is 1. The van der Waals surface area contributed by atoms with Crippen molar-refractivity contribution in [3.8, 4) is 0 Å². The first-order chi connectivity index (χ1) is 12.6. The maximum atomic E-state index is 10.9. The Bertz CT molecular complexity index is 962. The van der Waals surface area contributed by atoms with E-state index in [-0.39, 0.29) is 11.8 Å². The molecule has 1 aromatic heterocycles. The number of pyridine rings is 1. The molecule has 4 rings (SSSR count). The highest BCUT2D eigenvalue weighted by Crippen LogP contribution is 2.28. The summed E-state index contributed by atoms with van der Waals surface area (Å²) < 4.78 is 6.97. The van der Waals surface area contributed by atoms with Crippen LogP contribution in [0.15, 0.2) is 59.1 Å². The number of hydrogen-bond donors (Lipinski definition) is 0. The Kier molecular flexibility index (Phi) is 4.57. The highest BCUT2D eigenvalue weighted by atomic mass is 79.9. The van der Waals surface area contributed by atoms with Gasteiger partial charge in [0.15, 0.2) is 0 Å². The van der Waals surface area contributed by atoms with Crippen LogP contribution in [0.25, 0.3) is 10.9 Å². The number of non-ortho nitro benzene ring substituents is 1. The summed E-state index contributed by atoms with van der Waals surface area (Å²) in [6.45, 7) is 2.10. The average molecular weight is 414 g/mol. The van der Waals surface area contributed by atoms with Gasteiger partial charge < -0.3 is 9.64 Å². The summed E-state index contributed by atoms with van der Waals surface area (Å²) in [7, 11) is 0. The van der Waals surface area contributed by atoms with Crippen molar-refractivity contribution >= 4 is 38.3 Å². The van der Waals surface area contributed by atoms with Gasteiger partial charge in [-0.05, 0) is 35.9 Å². The van der Waals surface area contributed by atoms with Crippen molar-refractivity contribution in [2.24, 2.45) is 0 Å². The zero-order valence-electron chi connectivity index (χ0n) is 13.8. The Labute approximate surface area is 158 Å². The summed E-state index contributed by atoms with van der Waals surface area (Å²) in [4.78, 5) is 17.4. The molecular formula is C19H16BrN3O3. The van der Waals surface area contributed by atoms with E-state index in [0.29, 0.717) is 13.2 Å². The normalized spacial score (nSPS) is 17.4. The number of nitro benzene ring substituents is 1. The van der Waals surface area contributed by atoms with Gasteiger partial charge in [0.1, 0.15) is 11.9 Å². The molecule has 0 saturated carbocycles. The van der Waals surface area contributed by atoms with Crippen molar-refractivity contribution in [3.63, 3.8) is 0 Å². The van der Waals surface area contributed by atoms with E-state index in [2.05, 4.69) is 37.9 Å². The molecule has 1 fully saturated rings. The predicted molar refractivity (Wildman–Crippen MR) is 103 cm³/mol. The highest BCUT2D eigenvalue weighted by molar-refractivity contribution is 9.10. The molecule has 0 amide bonds. The summed E-state index contributed by atoms with van der Waals surface area (Å²) in [6.07, 6.45) is -0.00814. The third-order valence-electron chi connectivity index (χ3n) is 4.50. The van der Waals surface area contributed by atoms with Gasteiger partial charge in [0.05, 0.1) is 17.0 Å². The number of morpholine rings is 1. The second-order valence-electron chi connectivity index (χ2n) is 6.16. The highest BCUT2D eigenvalue weighted by Gasteiger charge is 2.23. The van der Waals surface area contributed by atoms with E-state index >= 15 is 0 Å². The van der Waals surface area contributed by atoms with Crippen molar-refractivity contribution in [1.29, 1.82) is 0 Å². The summed E-state index contributed by atoms with van der Waals surface area (Å²) in [5, 5.41) is 11.7. The van der Waals surface area contributed by atoms with Gasteiger partial charge in [-0.2, -0.15) is 0 Å². The number of benzene rings is 2. The largest absolute Gasteiger partial charge is 0.370 e. The van der Waals surface area contributed by atoms with Crippen LogP contribution in [-0.2, 0) is 4.74 Å². The quantitative estimate of drug-likeness (QED) is 0.467. The third-order valence-corrected chi connectivity index (χ3v) is 5.03. The molecule has 0 aliphatic carbocycles. The maximum Gasteiger partial charge on any atom is 0.270 e. The van der Waals surface area contributed by atoms with Crippen LogP contribution in [0.2, 0.25) is 0 Å². The zero-order valence-corrected chi connectivity index (χ0v) is 15.4. The van der Waals surface area contributed by atoms with Gasteiger partial charge in [0.25, 0.3) is 5.69 Å². The number of halogens is 1. The lowest BCUT2D eigenvalue weighted by atomic mass is 10.1. The van der Waals surface area contributed by atoms with Gasteiger partial charge in [0, 0.05) is 35.1 Å². The molecule has 132 valence electrons. The number of hydrogen-bond acceptors (Lipinski definition) is 5. The molecule has 1 unspecified atom stereocenters. The van der Waals surface area contributed by atoms with Crippen LogP contribution in [0, 0.1) is 10.1 Å². The SMILES string of the molecule is O=[N+]([O-])c1ccc2nc(N3CCOC(c4ccc(Br)cc4)C3)ccc2c1. The van der Waals surface area contributed by atoms with Crippen LogP contribution in [0.1, 0.15) is 11.7 Å². The monoisotopic (exact) mass is 413 g/mol. The van der Waals surface area contributed by atoms with Crippen molar-refractivity contribution in [2.75, 3.05) is 24.6 Å². The standard InChI is InChI=1S/C19H16BrN3O3/c20-15-4-1-13(2-5-15)18-12-22(9-10-26-18)19-8-3-14-11-16(23(24)25)6-7-17(14)21-19/h1-8,11,18H,9-10,12H2. The van der Waals surface area contributed by atoms with Crippen LogP contribution in [0.4, 0.5) is 11.5 Å². The van der Waals surface area contributed by atoms with Crippen molar-refractivity contribution in [3.05, 3.63) is 74.7 Å². The summed E-state index contributed by atoms with van der Waals surface area (Å²) in [5.74, 6) is 0.858. The smallest absolute Gasteiger partial charge is 0.270 e. The molecular weight excluding hydrogens is 398 g/mol. The van der Waals surface area contributed by atoms with Crippen molar-refractivity contribution in [1.82, 2.24) is 4.98 Å². The van der Waals surface area contributed by atoms with Gasteiger partial charge in [-0.25, -0.2) is 4.98 Å². The number of fused-ring (bicyclic) bond motifs is 1. The van der Waals surface area contributed by atoms with Gasteiger partial charge in [-0.3, -0.25) is 10.1 Å². The Hall–Kier alpha value is -2.51. The van der Waals surface area contributed by atoms with Crippen LogP contribution in [0.3, 0.4) is 0 Å². The Morgan fingerprint density at radius 3 is 2.73 bits per heavy atom. The predicted octanol–water partition coefficient (Wildman–Crippen LogP) is 4.48. The minimum atomic E-state index is -0.391. The van der Waals surface area contributed by atoms with Gasteiger partial charge in [-0.15, -0.1) is 0 Å². The van der Waals surface area contributed by atoms with E-state index < -0.39 is 4.92 Å². The first kappa shape index (κ1) is 16.9. The maximum absolute atomic E-state index is 10.9. The minimum Gasteiger partial charge on any atom is -0.370 e. The molecule has 0 N–H and O–H groups in total. The summed E-state index contributed by atoms with van der Waals surface area (Å²) in [5.41, 5.74) is 1.96. The summed E-state index contributed by atoms with van der Waals surface area (Å²) >= 11 is 3.45. The van der Waals surface area contributed by atoms with Gasteiger partial charge in [-0.1, -0.05) is 28.1 Å². The van der Waals surface area contributed by atoms with Crippen LogP contribution in [-0.4, -0.2) is 29.6 Å². The number of aromatic nitrogens is 1. The third kappa shape index (κ3) is 3.40.